The predicted octanol–water partition coefficient (Wildman–Crippen LogP) is 4.30. The Bertz CT molecular complexity index is 781. The number of benzene rings is 1. The summed E-state index contributed by atoms with van der Waals surface area (Å²) in [5.41, 5.74) is 0.413. The van der Waals surface area contributed by atoms with Crippen LogP contribution in [0.1, 0.15) is 16.0 Å². The molecule has 0 atom stereocenters. The molecule has 8 heteroatoms. The van der Waals surface area contributed by atoms with E-state index in [0.717, 1.165) is 23.5 Å². The number of thiazole rings is 1. The van der Waals surface area contributed by atoms with E-state index in [1.165, 1.54) is 32.7 Å². The zero-order valence-electron chi connectivity index (χ0n) is 13.1. The molecule has 0 radical (unpaired) electrons. The number of rotatable bonds is 4. The fraction of sp³-hybridized carbons (Fsp3) is 0.250. The maximum atomic E-state index is 12.9. The fourth-order valence-corrected chi connectivity index (χ4v) is 2.98. The molecule has 1 aromatic carbocycles. The zero-order chi connectivity index (χ0) is 17.9. The van der Waals surface area contributed by atoms with Crippen molar-refractivity contribution in [2.24, 2.45) is 0 Å². The lowest BCUT2D eigenvalue weighted by atomic mass is 10.1. The summed E-state index contributed by atoms with van der Waals surface area (Å²) in [5.74, 6) is -0.618. The molecule has 0 aliphatic carbocycles. The Kier molecular flexibility index (Phi) is 5.28. The minimum Gasteiger partial charge on any atom is -0.503 e. The van der Waals surface area contributed by atoms with E-state index in [0.29, 0.717) is 21.0 Å². The summed E-state index contributed by atoms with van der Waals surface area (Å²) in [6.45, 7) is 1.70. The van der Waals surface area contributed by atoms with E-state index in [4.69, 9.17) is 4.74 Å². The Balaban J connectivity index is 2.48. The van der Waals surface area contributed by atoms with Crippen molar-refractivity contribution in [3.8, 4) is 10.6 Å². The summed E-state index contributed by atoms with van der Waals surface area (Å²) in [4.78, 5) is 16.3. The van der Waals surface area contributed by atoms with Gasteiger partial charge in [0.05, 0.1) is 30.9 Å². The number of nitrogens with zero attached hydrogens (tertiary/aromatic N) is 1. The number of carbonyl (C=O) groups is 1. The molecule has 0 aliphatic heterocycles. The van der Waals surface area contributed by atoms with Gasteiger partial charge < -0.3 is 9.47 Å². The number of aryl methyl sites for hydroxylation is 1. The third-order valence-corrected chi connectivity index (χ3v) is 4.27. The Labute approximate surface area is 140 Å². The molecule has 0 saturated carbocycles. The van der Waals surface area contributed by atoms with Crippen LogP contribution in [-0.4, -0.2) is 25.2 Å². The minimum atomic E-state index is -4.43. The second kappa shape index (κ2) is 7.04. The molecule has 24 heavy (non-hydrogen) atoms. The number of alkyl halides is 3. The van der Waals surface area contributed by atoms with Crippen LogP contribution in [0.2, 0.25) is 0 Å². The lowest BCUT2D eigenvalue weighted by molar-refractivity contribution is -0.137. The summed E-state index contributed by atoms with van der Waals surface area (Å²) < 4.78 is 48.2. The lowest BCUT2D eigenvalue weighted by Crippen LogP contribution is -2.05. The van der Waals surface area contributed by atoms with Gasteiger partial charge in [-0.1, -0.05) is 6.07 Å². The van der Waals surface area contributed by atoms with Crippen molar-refractivity contribution >= 4 is 22.9 Å². The molecule has 0 N–H and O–H groups in total. The molecule has 1 aromatic heterocycles. The monoisotopic (exact) mass is 357 g/mol. The van der Waals surface area contributed by atoms with Crippen molar-refractivity contribution in [2.75, 3.05) is 14.2 Å². The van der Waals surface area contributed by atoms with Crippen LogP contribution in [0.4, 0.5) is 13.2 Å². The van der Waals surface area contributed by atoms with Crippen LogP contribution in [-0.2, 0) is 20.4 Å². The number of methoxy groups -OCH3 is 2. The predicted molar refractivity (Wildman–Crippen MR) is 84.3 cm³/mol. The van der Waals surface area contributed by atoms with Gasteiger partial charge in [0.1, 0.15) is 10.6 Å². The van der Waals surface area contributed by atoms with E-state index in [-0.39, 0.29) is 5.57 Å². The summed E-state index contributed by atoms with van der Waals surface area (Å²) in [6.07, 6.45) is -1.82. The molecule has 0 fully saturated rings. The normalized spacial score (nSPS) is 12.2. The lowest BCUT2D eigenvalue weighted by Gasteiger charge is -2.09. The average Bonchev–Trinajstić information content (AvgIpc) is 3.00. The van der Waals surface area contributed by atoms with Crippen molar-refractivity contribution in [1.29, 1.82) is 0 Å². The van der Waals surface area contributed by atoms with Crippen LogP contribution in [0.15, 0.2) is 30.7 Å². The van der Waals surface area contributed by atoms with Gasteiger partial charge in [0.2, 0.25) is 0 Å². The number of hydrogen-bond donors (Lipinski definition) is 0. The van der Waals surface area contributed by atoms with Gasteiger partial charge >= 0.3 is 12.1 Å². The number of esters is 1. The topological polar surface area (TPSA) is 48.4 Å². The van der Waals surface area contributed by atoms with E-state index >= 15 is 0 Å². The molecular formula is C16H14F3NO3S. The smallest absolute Gasteiger partial charge is 0.416 e. The van der Waals surface area contributed by atoms with E-state index in [1.54, 1.807) is 6.92 Å². The van der Waals surface area contributed by atoms with Gasteiger partial charge in [0.15, 0.2) is 0 Å². The Morgan fingerprint density at radius 3 is 2.58 bits per heavy atom. The molecular weight excluding hydrogens is 343 g/mol. The van der Waals surface area contributed by atoms with Crippen LogP contribution in [0.25, 0.3) is 16.1 Å². The number of carbonyl (C=O) groups excluding carboxylic acids is 1. The largest absolute Gasteiger partial charge is 0.503 e. The third kappa shape index (κ3) is 3.76. The van der Waals surface area contributed by atoms with Crippen LogP contribution >= 0.6 is 11.3 Å². The van der Waals surface area contributed by atoms with Crippen LogP contribution in [0.5, 0.6) is 0 Å². The molecule has 128 valence electrons. The van der Waals surface area contributed by atoms with E-state index in [9.17, 15) is 18.0 Å². The standard InChI is InChI=1S/C16H14F3NO3S/c1-9-4-5-10(16(17,18)19)6-11(9)14-20-7-13(24-14)12(8-22-2)15(21)23-3/h4-8H,1-3H3. The van der Waals surface area contributed by atoms with Crippen molar-refractivity contribution in [3.63, 3.8) is 0 Å². The highest BCUT2D eigenvalue weighted by atomic mass is 32.1. The van der Waals surface area contributed by atoms with Crippen molar-refractivity contribution < 1.29 is 27.4 Å². The average molecular weight is 357 g/mol. The summed E-state index contributed by atoms with van der Waals surface area (Å²) in [7, 11) is 2.60. The van der Waals surface area contributed by atoms with Crippen LogP contribution in [0.3, 0.4) is 0 Å². The zero-order valence-corrected chi connectivity index (χ0v) is 13.9. The first-order chi connectivity index (χ1) is 11.3. The molecule has 1 heterocycles. The fourth-order valence-electron chi connectivity index (χ4n) is 1.99. The highest BCUT2D eigenvalue weighted by Crippen LogP contribution is 2.36. The van der Waals surface area contributed by atoms with Gasteiger partial charge in [0, 0.05) is 11.8 Å². The van der Waals surface area contributed by atoms with Crippen LogP contribution in [0, 0.1) is 6.92 Å². The van der Waals surface area contributed by atoms with Crippen molar-refractivity contribution in [1.82, 2.24) is 4.98 Å². The SMILES string of the molecule is COC=C(C(=O)OC)c1cnc(-c2cc(C(F)(F)F)ccc2C)s1. The molecule has 2 aromatic rings. The van der Waals surface area contributed by atoms with Gasteiger partial charge in [-0.15, -0.1) is 11.3 Å². The first kappa shape index (κ1) is 18.0. The third-order valence-electron chi connectivity index (χ3n) is 3.21. The molecule has 2 rings (SSSR count). The summed E-state index contributed by atoms with van der Waals surface area (Å²) in [5, 5.41) is 0.375. The molecule has 0 saturated heterocycles. The quantitative estimate of drug-likeness (QED) is 0.465. The van der Waals surface area contributed by atoms with Gasteiger partial charge in [-0.05, 0) is 24.6 Å². The number of halogens is 3. The molecule has 4 nitrogen and oxygen atoms in total. The van der Waals surface area contributed by atoms with Crippen molar-refractivity contribution in [2.45, 2.75) is 13.1 Å². The molecule has 0 spiro atoms. The first-order valence-electron chi connectivity index (χ1n) is 6.73. The molecule has 0 bridgehead atoms. The second-order valence-electron chi connectivity index (χ2n) is 4.82. The first-order valence-corrected chi connectivity index (χ1v) is 7.55. The molecule has 0 unspecified atom stereocenters. The van der Waals surface area contributed by atoms with Crippen LogP contribution < -0.4 is 0 Å². The Hall–Kier alpha value is -2.35. The number of aromatic nitrogens is 1. The van der Waals surface area contributed by atoms with E-state index in [1.807, 2.05) is 0 Å². The molecule has 0 amide bonds. The Morgan fingerprint density at radius 1 is 1.29 bits per heavy atom. The van der Waals surface area contributed by atoms with Crippen molar-refractivity contribution in [3.05, 3.63) is 46.7 Å². The second-order valence-corrected chi connectivity index (χ2v) is 5.85. The van der Waals surface area contributed by atoms with Gasteiger partial charge in [-0.2, -0.15) is 13.2 Å². The highest BCUT2D eigenvalue weighted by molar-refractivity contribution is 7.16. The maximum absolute atomic E-state index is 12.9. The molecule has 0 aliphatic rings. The Morgan fingerprint density at radius 2 is 2.00 bits per heavy atom. The maximum Gasteiger partial charge on any atom is 0.416 e. The van der Waals surface area contributed by atoms with E-state index in [2.05, 4.69) is 9.72 Å². The minimum absolute atomic E-state index is 0.147. The van der Waals surface area contributed by atoms with Gasteiger partial charge in [-0.25, -0.2) is 9.78 Å². The number of hydrogen-bond acceptors (Lipinski definition) is 5. The summed E-state index contributed by atoms with van der Waals surface area (Å²) >= 11 is 1.08. The van der Waals surface area contributed by atoms with Gasteiger partial charge in [0.25, 0.3) is 0 Å². The highest BCUT2D eigenvalue weighted by Gasteiger charge is 2.31. The number of ether oxygens (including phenoxy) is 2. The van der Waals surface area contributed by atoms with E-state index < -0.39 is 17.7 Å². The van der Waals surface area contributed by atoms with Gasteiger partial charge in [-0.3, -0.25) is 0 Å². The summed E-state index contributed by atoms with van der Waals surface area (Å²) in [6, 6.07) is 3.47.